The molecule has 0 saturated heterocycles. The van der Waals surface area contributed by atoms with Crippen molar-refractivity contribution in [1.29, 1.82) is 0 Å². The van der Waals surface area contributed by atoms with E-state index in [9.17, 15) is 9.18 Å². The van der Waals surface area contributed by atoms with Crippen LogP contribution in [0.5, 0.6) is 0 Å². The van der Waals surface area contributed by atoms with Crippen LogP contribution < -0.4 is 5.73 Å². The van der Waals surface area contributed by atoms with E-state index < -0.39 is 23.7 Å². The predicted octanol–water partition coefficient (Wildman–Crippen LogP) is 1.89. The van der Waals surface area contributed by atoms with Gasteiger partial charge in [-0.25, -0.2) is 9.18 Å². The normalized spacial score (nSPS) is 21.3. The number of nitrogens with zero attached hydrogens (tertiary/aromatic N) is 1. The first-order chi connectivity index (χ1) is 6.81. The average molecular weight is 214 g/mol. The number of carbonyl (C=O) groups is 1. The van der Waals surface area contributed by atoms with E-state index in [0.29, 0.717) is 0 Å². The maximum absolute atomic E-state index is 13.1. The Kier molecular flexibility index (Phi) is 3.14. The number of nitrogens with two attached hydrogens (primary N) is 1. The first kappa shape index (κ1) is 11.7. The number of hydrogen-bond acceptors (Lipinski definition) is 3. The number of rotatable bonds is 0. The molecule has 1 atom stereocenters. The van der Waals surface area contributed by atoms with Gasteiger partial charge in [-0.3, -0.25) is 4.90 Å². The SMILES string of the molecule is CC(C)(C)OC(=O)N1C=CC=C(F)C1N. The zero-order valence-electron chi connectivity index (χ0n) is 9.03. The minimum Gasteiger partial charge on any atom is -0.443 e. The Balaban J connectivity index is 2.70. The summed E-state index contributed by atoms with van der Waals surface area (Å²) in [6.45, 7) is 5.20. The van der Waals surface area contributed by atoms with Crippen molar-refractivity contribution in [2.24, 2.45) is 5.73 Å². The van der Waals surface area contributed by atoms with Crippen molar-refractivity contribution in [3.8, 4) is 0 Å². The second-order valence-electron chi connectivity index (χ2n) is 4.23. The predicted molar refractivity (Wildman–Crippen MR) is 54.4 cm³/mol. The van der Waals surface area contributed by atoms with Gasteiger partial charge in [0.05, 0.1) is 0 Å². The van der Waals surface area contributed by atoms with E-state index in [0.717, 1.165) is 4.90 Å². The third-order valence-corrected chi connectivity index (χ3v) is 1.69. The topological polar surface area (TPSA) is 55.6 Å². The molecular formula is C10H15FN2O2. The van der Waals surface area contributed by atoms with Crippen molar-refractivity contribution in [3.05, 3.63) is 24.2 Å². The second kappa shape index (κ2) is 4.02. The molecule has 1 aliphatic rings. The van der Waals surface area contributed by atoms with Crippen molar-refractivity contribution < 1.29 is 13.9 Å². The van der Waals surface area contributed by atoms with Gasteiger partial charge < -0.3 is 10.5 Å². The third-order valence-electron chi connectivity index (χ3n) is 1.69. The Labute approximate surface area is 88.2 Å². The summed E-state index contributed by atoms with van der Waals surface area (Å²) in [5, 5.41) is 0. The number of carbonyl (C=O) groups excluding carboxylic acids is 1. The molecule has 0 aromatic rings. The van der Waals surface area contributed by atoms with E-state index in [1.165, 1.54) is 18.4 Å². The molecule has 1 unspecified atom stereocenters. The summed E-state index contributed by atoms with van der Waals surface area (Å²) in [5.41, 5.74) is 4.85. The molecule has 1 aliphatic heterocycles. The molecule has 4 nitrogen and oxygen atoms in total. The van der Waals surface area contributed by atoms with Gasteiger partial charge in [0.15, 0.2) is 0 Å². The molecule has 0 fully saturated rings. The molecule has 84 valence electrons. The molecular weight excluding hydrogens is 199 g/mol. The summed E-state index contributed by atoms with van der Waals surface area (Å²) in [6, 6.07) is 0. The largest absolute Gasteiger partial charge is 0.443 e. The number of halogens is 1. The Morgan fingerprint density at radius 1 is 1.60 bits per heavy atom. The van der Waals surface area contributed by atoms with E-state index in [4.69, 9.17) is 10.5 Å². The van der Waals surface area contributed by atoms with Gasteiger partial charge in [0.25, 0.3) is 0 Å². The van der Waals surface area contributed by atoms with E-state index >= 15 is 0 Å². The lowest BCUT2D eigenvalue weighted by Crippen LogP contribution is -2.46. The fourth-order valence-corrected chi connectivity index (χ4v) is 1.04. The van der Waals surface area contributed by atoms with E-state index in [2.05, 4.69) is 0 Å². The van der Waals surface area contributed by atoms with Crippen LogP contribution in [0.1, 0.15) is 20.8 Å². The average Bonchev–Trinajstić information content (AvgIpc) is 2.06. The fraction of sp³-hybridized carbons (Fsp3) is 0.500. The van der Waals surface area contributed by atoms with Gasteiger partial charge >= 0.3 is 6.09 Å². The van der Waals surface area contributed by atoms with E-state index in [-0.39, 0.29) is 0 Å². The molecule has 15 heavy (non-hydrogen) atoms. The van der Waals surface area contributed by atoms with Crippen LogP contribution in [0.3, 0.4) is 0 Å². The van der Waals surface area contributed by atoms with Crippen LogP contribution in [0.4, 0.5) is 9.18 Å². The quantitative estimate of drug-likeness (QED) is 0.670. The van der Waals surface area contributed by atoms with Gasteiger partial charge in [-0.1, -0.05) is 0 Å². The van der Waals surface area contributed by atoms with Gasteiger partial charge in [-0.15, -0.1) is 0 Å². The van der Waals surface area contributed by atoms with Gasteiger partial charge in [-0.05, 0) is 32.9 Å². The van der Waals surface area contributed by atoms with Crippen LogP contribution in [0.15, 0.2) is 24.2 Å². The summed E-state index contributed by atoms with van der Waals surface area (Å²) in [4.78, 5) is 12.6. The summed E-state index contributed by atoms with van der Waals surface area (Å²) in [5.74, 6) is -0.566. The Bertz CT molecular complexity index is 318. The van der Waals surface area contributed by atoms with Crippen LogP contribution in [0.2, 0.25) is 0 Å². The highest BCUT2D eigenvalue weighted by molar-refractivity contribution is 5.70. The lowest BCUT2D eigenvalue weighted by Gasteiger charge is -2.29. The molecule has 0 aliphatic carbocycles. The van der Waals surface area contributed by atoms with E-state index in [1.54, 1.807) is 20.8 Å². The number of allylic oxidation sites excluding steroid dienone is 2. The highest BCUT2D eigenvalue weighted by atomic mass is 19.1. The van der Waals surface area contributed by atoms with E-state index in [1.807, 2.05) is 0 Å². The molecule has 1 amide bonds. The molecule has 0 spiro atoms. The molecule has 0 bridgehead atoms. The summed E-state index contributed by atoms with van der Waals surface area (Å²) < 4.78 is 18.1. The summed E-state index contributed by atoms with van der Waals surface area (Å²) in [7, 11) is 0. The second-order valence-corrected chi connectivity index (χ2v) is 4.23. The zero-order valence-corrected chi connectivity index (χ0v) is 9.03. The molecule has 0 radical (unpaired) electrons. The minimum atomic E-state index is -1.09. The van der Waals surface area contributed by atoms with Crippen LogP contribution in [0.25, 0.3) is 0 Å². The van der Waals surface area contributed by atoms with Crippen molar-refractivity contribution in [3.63, 3.8) is 0 Å². The van der Waals surface area contributed by atoms with Gasteiger partial charge in [0.2, 0.25) is 0 Å². The molecule has 0 aromatic heterocycles. The van der Waals surface area contributed by atoms with Crippen molar-refractivity contribution in [1.82, 2.24) is 4.90 Å². The lowest BCUT2D eigenvalue weighted by atomic mass is 10.2. The maximum atomic E-state index is 13.1. The minimum absolute atomic E-state index is 0.566. The first-order valence-electron chi connectivity index (χ1n) is 4.62. The van der Waals surface area contributed by atoms with Crippen LogP contribution in [0, 0.1) is 0 Å². The maximum Gasteiger partial charge on any atom is 0.416 e. The number of amides is 1. The molecule has 0 saturated carbocycles. The van der Waals surface area contributed by atoms with Crippen molar-refractivity contribution in [2.75, 3.05) is 0 Å². The van der Waals surface area contributed by atoms with Crippen molar-refractivity contribution in [2.45, 2.75) is 32.5 Å². The van der Waals surface area contributed by atoms with Gasteiger partial charge in [0.1, 0.15) is 17.6 Å². The van der Waals surface area contributed by atoms with Crippen LogP contribution >= 0.6 is 0 Å². The fourth-order valence-electron chi connectivity index (χ4n) is 1.04. The highest BCUT2D eigenvalue weighted by Crippen LogP contribution is 2.17. The number of ether oxygens (including phenoxy) is 1. The molecule has 1 rings (SSSR count). The summed E-state index contributed by atoms with van der Waals surface area (Å²) >= 11 is 0. The molecule has 0 aromatic carbocycles. The summed E-state index contributed by atoms with van der Waals surface area (Å²) in [6.07, 6.45) is 2.26. The van der Waals surface area contributed by atoms with Crippen LogP contribution in [-0.2, 0) is 4.74 Å². The van der Waals surface area contributed by atoms with Gasteiger partial charge in [0, 0.05) is 6.20 Å². The van der Waals surface area contributed by atoms with Crippen LogP contribution in [-0.4, -0.2) is 22.8 Å². The van der Waals surface area contributed by atoms with Gasteiger partial charge in [-0.2, -0.15) is 0 Å². The molecule has 1 heterocycles. The Hall–Kier alpha value is -1.36. The first-order valence-corrected chi connectivity index (χ1v) is 4.62. The number of hydrogen-bond donors (Lipinski definition) is 1. The smallest absolute Gasteiger partial charge is 0.416 e. The van der Waals surface area contributed by atoms with Crippen molar-refractivity contribution >= 4 is 6.09 Å². The Morgan fingerprint density at radius 3 is 2.73 bits per heavy atom. The molecule has 5 heteroatoms. The molecule has 2 N–H and O–H groups in total. The monoisotopic (exact) mass is 214 g/mol. The third kappa shape index (κ3) is 3.06. The standard InChI is InChI=1S/C10H15FN2O2/c1-10(2,3)15-9(14)13-6-4-5-7(11)8(13)12/h4-6,8H,12H2,1-3H3. The highest BCUT2D eigenvalue weighted by Gasteiger charge is 2.28. The Morgan fingerprint density at radius 2 is 2.20 bits per heavy atom. The zero-order chi connectivity index (χ0) is 11.6. The lowest BCUT2D eigenvalue weighted by molar-refractivity contribution is 0.0277.